The van der Waals surface area contributed by atoms with Gasteiger partial charge in [0.1, 0.15) is 0 Å². The summed E-state index contributed by atoms with van der Waals surface area (Å²) in [5.41, 5.74) is 2.57. The van der Waals surface area contributed by atoms with Crippen molar-refractivity contribution in [2.75, 3.05) is 0 Å². The van der Waals surface area contributed by atoms with Crippen molar-refractivity contribution < 1.29 is 0 Å². The summed E-state index contributed by atoms with van der Waals surface area (Å²) in [5.74, 6) is 0. The molecule has 96 valence electrons. The van der Waals surface area contributed by atoms with Crippen LogP contribution in [0.4, 0.5) is 0 Å². The molecule has 1 aromatic carbocycles. The van der Waals surface area contributed by atoms with Crippen LogP contribution in [0, 0.1) is 0 Å². The summed E-state index contributed by atoms with van der Waals surface area (Å²) in [6.07, 6.45) is 0. The molecule has 1 atom stereocenters. The Morgan fingerprint density at radius 3 is 2.11 bits per heavy atom. The Hall–Kier alpha value is -0.500. The van der Waals surface area contributed by atoms with Crippen molar-refractivity contribution in [1.82, 2.24) is 0 Å². The first-order chi connectivity index (χ1) is 8.39. The van der Waals surface area contributed by atoms with E-state index in [1.807, 2.05) is 11.4 Å². The molecule has 0 fully saturated rings. The molecule has 0 spiro atoms. The Labute approximate surface area is 123 Å². The van der Waals surface area contributed by atoms with Gasteiger partial charge >= 0.3 is 0 Å². The highest BCUT2D eigenvalue weighted by atomic mass is 35.5. The van der Waals surface area contributed by atoms with Gasteiger partial charge < -0.3 is 0 Å². The molecular weight excluding hydrogens is 283 g/mol. The number of halogens is 2. The quantitative estimate of drug-likeness (QED) is 0.594. The third-order valence-electron chi connectivity index (χ3n) is 2.94. The van der Waals surface area contributed by atoms with E-state index in [0.29, 0.717) is 0 Å². The van der Waals surface area contributed by atoms with Gasteiger partial charge in [0.05, 0.1) is 10.4 Å². The summed E-state index contributed by atoms with van der Waals surface area (Å²) >= 11 is 14.2. The third-order valence-corrected chi connectivity index (χ3v) is 4.97. The van der Waals surface area contributed by atoms with Crippen LogP contribution < -0.4 is 0 Å². The van der Waals surface area contributed by atoms with Crippen LogP contribution in [0.5, 0.6) is 0 Å². The van der Waals surface area contributed by atoms with Crippen LogP contribution in [0.2, 0.25) is 5.02 Å². The second kappa shape index (κ2) is 5.24. The molecule has 18 heavy (non-hydrogen) atoms. The van der Waals surface area contributed by atoms with E-state index in [9.17, 15) is 0 Å². The van der Waals surface area contributed by atoms with Gasteiger partial charge in [0.15, 0.2) is 0 Å². The molecule has 0 aliphatic rings. The lowest BCUT2D eigenvalue weighted by Crippen LogP contribution is -2.10. The Morgan fingerprint density at radius 1 is 1.06 bits per heavy atom. The van der Waals surface area contributed by atoms with Crippen LogP contribution in [0.1, 0.15) is 42.2 Å². The van der Waals surface area contributed by atoms with Crippen LogP contribution >= 0.6 is 34.5 Å². The molecule has 1 aromatic heterocycles. The van der Waals surface area contributed by atoms with Crippen molar-refractivity contribution in [1.29, 1.82) is 0 Å². The second-order valence-electron chi connectivity index (χ2n) is 5.37. The summed E-state index contributed by atoms with van der Waals surface area (Å²) in [5, 5.41) is 2.56. The fourth-order valence-electron chi connectivity index (χ4n) is 1.79. The Balaban J connectivity index is 2.28. The number of hydrogen-bond donors (Lipinski definition) is 0. The van der Waals surface area contributed by atoms with Crippen LogP contribution in [-0.2, 0) is 5.41 Å². The minimum absolute atomic E-state index is 0.161. The average molecular weight is 299 g/mol. The van der Waals surface area contributed by atoms with Gasteiger partial charge in [0.25, 0.3) is 0 Å². The minimum atomic E-state index is -0.161. The number of rotatable bonds is 2. The van der Waals surface area contributed by atoms with E-state index in [1.165, 1.54) is 5.56 Å². The van der Waals surface area contributed by atoms with Gasteiger partial charge in [-0.15, -0.1) is 22.9 Å². The topological polar surface area (TPSA) is 0 Å². The number of hydrogen-bond acceptors (Lipinski definition) is 1. The van der Waals surface area contributed by atoms with Crippen molar-refractivity contribution in [3.05, 3.63) is 56.7 Å². The lowest BCUT2D eigenvalue weighted by atomic mass is 9.86. The average Bonchev–Trinajstić information content (AvgIpc) is 2.73. The van der Waals surface area contributed by atoms with Crippen LogP contribution in [-0.4, -0.2) is 0 Å². The van der Waals surface area contributed by atoms with Gasteiger partial charge in [-0.25, -0.2) is 0 Å². The highest BCUT2D eigenvalue weighted by Gasteiger charge is 2.17. The summed E-state index contributed by atoms with van der Waals surface area (Å²) < 4.78 is 0. The van der Waals surface area contributed by atoms with E-state index in [1.54, 1.807) is 11.3 Å². The summed E-state index contributed by atoms with van der Waals surface area (Å²) in [7, 11) is 0. The zero-order valence-corrected chi connectivity index (χ0v) is 13.0. The molecule has 1 unspecified atom stereocenters. The molecule has 0 N–H and O–H groups in total. The molecule has 0 amide bonds. The van der Waals surface area contributed by atoms with E-state index in [-0.39, 0.29) is 10.8 Å². The molecule has 0 radical (unpaired) electrons. The summed E-state index contributed by atoms with van der Waals surface area (Å²) in [6.45, 7) is 6.61. The zero-order valence-electron chi connectivity index (χ0n) is 10.7. The minimum Gasteiger partial charge on any atom is -0.145 e. The van der Waals surface area contributed by atoms with E-state index >= 15 is 0 Å². The lowest BCUT2D eigenvalue weighted by molar-refractivity contribution is 0.590. The van der Waals surface area contributed by atoms with Gasteiger partial charge in [-0.05, 0) is 28.0 Å². The van der Waals surface area contributed by atoms with Crippen molar-refractivity contribution in [2.24, 2.45) is 0 Å². The van der Waals surface area contributed by atoms with Crippen LogP contribution in [0.15, 0.2) is 35.7 Å². The molecule has 0 aliphatic carbocycles. The van der Waals surface area contributed by atoms with Crippen molar-refractivity contribution in [2.45, 2.75) is 31.6 Å². The number of benzene rings is 1. The van der Waals surface area contributed by atoms with E-state index in [2.05, 4.69) is 45.0 Å². The van der Waals surface area contributed by atoms with Gasteiger partial charge in [0.2, 0.25) is 0 Å². The third kappa shape index (κ3) is 2.90. The van der Waals surface area contributed by atoms with Gasteiger partial charge in [0, 0.05) is 4.88 Å². The predicted molar refractivity (Wildman–Crippen MR) is 82.2 cm³/mol. The Bertz CT molecular complexity index is 520. The number of thiophene rings is 1. The molecule has 2 aromatic rings. The zero-order chi connectivity index (χ0) is 13.3. The first kappa shape index (κ1) is 13.9. The molecule has 0 aliphatic heterocycles. The van der Waals surface area contributed by atoms with Gasteiger partial charge in [-0.3, -0.25) is 0 Å². The smallest absolute Gasteiger partial charge is 0.0942 e. The molecule has 0 saturated heterocycles. The lowest BCUT2D eigenvalue weighted by Gasteiger charge is -2.19. The maximum absolute atomic E-state index is 6.47. The predicted octanol–water partition coefficient (Wildman–Crippen LogP) is 6.03. The highest BCUT2D eigenvalue weighted by molar-refractivity contribution is 7.11. The first-order valence-corrected chi connectivity index (χ1v) is 7.56. The second-order valence-corrected chi connectivity index (χ2v) is 7.16. The maximum atomic E-state index is 6.47. The van der Waals surface area contributed by atoms with Crippen molar-refractivity contribution in [3.63, 3.8) is 0 Å². The molecule has 0 bridgehead atoms. The summed E-state index contributed by atoms with van der Waals surface area (Å²) in [6, 6.07) is 10.4. The molecule has 1 heterocycles. The maximum Gasteiger partial charge on any atom is 0.0942 e. The van der Waals surface area contributed by atoms with Crippen LogP contribution in [0.25, 0.3) is 0 Å². The fraction of sp³-hybridized carbons (Fsp3) is 0.333. The molecule has 0 nitrogen and oxygen atoms in total. The SMILES string of the molecule is CC(C)(C)c1ccc(C(Cl)c2sccc2Cl)cc1. The monoisotopic (exact) mass is 298 g/mol. The normalized spacial score (nSPS) is 13.6. The van der Waals surface area contributed by atoms with Gasteiger partial charge in [-0.2, -0.15) is 0 Å². The van der Waals surface area contributed by atoms with E-state index in [0.717, 1.165) is 15.5 Å². The number of alkyl halides is 1. The van der Waals surface area contributed by atoms with E-state index < -0.39 is 0 Å². The Morgan fingerprint density at radius 2 is 1.67 bits per heavy atom. The van der Waals surface area contributed by atoms with Crippen LogP contribution in [0.3, 0.4) is 0 Å². The molecule has 3 heteroatoms. The Kier molecular flexibility index (Phi) is 4.05. The largest absolute Gasteiger partial charge is 0.145 e. The van der Waals surface area contributed by atoms with Crippen molar-refractivity contribution in [3.8, 4) is 0 Å². The molecule has 0 saturated carbocycles. The standard InChI is InChI=1S/C15H16Cl2S/c1-15(2,3)11-6-4-10(5-7-11)13(17)14-12(16)8-9-18-14/h4-9,13H,1-3H3. The summed E-state index contributed by atoms with van der Waals surface area (Å²) in [4.78, 5) is 1.02. The highest BCUT2D eigenvalue weighted by Crippen LogP contribution is 2.37. The molecular formula is C15H16Cl2S. The fourth-order valence-corrected chi connectivity index (χ4v) is 3.43. The molecule has 2 rings (SSSR count). The van der Waals surface area contributed by atoms with Crippen molar-refractivity contribution >= 4 is 34.5 Å². The van der Waals surface area contributed by atoms with E-state index in [4.69, 9.17) is 23.2 Å². The first-order valence-electron chi connectivity index (χ1n) is 5.87. The van der Waals surface area contributed by atoms with Gasteiger partial charge in [-0.1, -0.05) is 56.6 Å².